The number of nitrogens with one attached hydrogen (secondary N) is 1. The van der Waals surface area contributed by atoms with Gasteiger partial charge in [-0.2, -0.15) is 13.2 Å². The van der Waals surface area contributed by atoms with E-state index in [0.717, 1.165) is 10.5 Å². The van der Waals surface area contributed by atoms with E-state index >= 15 is 0 Å². The van der Waals surface area contributed by atoms with Crippen LogP contribution in [0.1, 0.15) is 27.9 Å². The summed E-state index contributed by atoms with van der Waals surface area (Å²) in [5.74, 6) is -5.03. The van der Waals surface area contributed by atoms with Crippen LogP contribution >= 0.6 is 15.9 Å². The van der Waals surface area contributed by atoms with Crippen LogP contribution in [0.3, 0.4) is 0 Å². The molecule has 13 heteroatoms. The quantitative estimate of drug-likeness (QED) is 0.488. The minimum Gasteiger partial charge on any atom is -0.492 e. The molecule has 2 aromatic rings. The predicted octanol–water partition coefficient (Wildman–Crippen LogP) is 4.25. The van der Waals surface area contributed by atoms with E-state index < -0.39 is 59.6 Å². The molecule has 4 rings (SSSR count). The van der Waals surface area contributed by atoms with Crippen LogP contribution in [0.5, 0.6) is 5.75 Å². The van der Waals surface area contributed by atoms with Gasteiger partial charge in [0.1, 0.15) is 35.0 Å². The van der Waals surface area contributed by atoms with E-state index in [2.05, 4.69) is 21.2 Å². The molecule has 0 unspecified atom stereocenters. The molecular weight excluding hydrogens is 571 g/mol. The standard InChI is InChI=1S/C24H22BrF5N2O5/c25-15-4-3-12(14-2-1-6-37-21(14)15)8-18(23(34)35)31-22(33)20-16(26)9-13(10-17(20)27)32-5-7-36-11-19(32)24(28,29)30/h3-4,9-10,18-19H,1-2,5-8,11H2,(H,31,33)(H,34,35)/t18-,19+/m0/s1. The average Bonchev–Trinajstić information content (AvgIpc) is 2.84. The molecule has 1 fully saturated rings. The third-order valence-electron chi connectivity index (χ3n) is 6.25. The lowest BCUT2D eigenvalue weighted by molar-refractivity contribution is -0.167. The highest BCUT2D eigenvalue weighted by Gasteiger charge is 2.46. The van der Waals surface area contributed by atoms with Gasteiger partial charge in [0.2, 0.25) is 0 Å². The molecule has 1 amide bonds. The van der Waals surface area contributed by atoms with Crippen molar-refractivity contribution in [3.05, 3.63) is 57.1 Å². The molecule has 200 valence electrons. The molecule has 7 nitrogen and oxygen atoms in total. The zero-order chi connectivity index (χ0) is 26.9. The summed E-state index contributed by atoms with van der Waals surface area (Å²) in [5.41, 5.74) is -0.138. The fourth-order valence-electron chi connectivity index (χ4n) is 4.46. The first-order chi connectivity index (χ1) is 17.5. The van der Waals surface area contributed by atoms with Crippen molar-refractivity contribution in [2.75, 3.05) is 31.3 Å². The molecule has 37 heavy (non-hydrogen) atoms. The van der Waals surface area contributed by atoms with Crippen LogP contribution in [0.15, 0.2) is 28.7 Å². The molecule has 2 aromatic carbocycles. The Morgan fingerprint density at radius 2 is 1.89 bits per heavy atom. The topological polar surface area (TPSA) is 88.1 Å². The van der Waals surface area contributed by atoms with Crippen molar-refractivity contribution >= 4 is 33.5 Å². The number of carboxylic acid groups (broad SMARTS) is 1. The summed E-state index contributed by atoms with van der Waals surface area (Å²) < 4.78 is 81.1. The monoisotopic (exact) mass is 592 g/mol. The van der Waals surface area contributed by atoms with Crippen LogP contribution in [-0.4, -0.2) is 61.6 Å². The van der Waals surface area contributed by atoms with Crippen LogP contribution in [0.2, 0.25) is 0 Å². The number of amides is 1. The zero-order valence-corrected chi connectivity index (χ0v) is 20.8. The van der Waals surface area contributed by atoms with E-state index in [-0.39, 0.29) is 19.6 Å². The van der Waals surface area contributed by atoms with Gasteiger partial charge in [-0.1, -0.05) is 6.07 Å². The second-order valence-corrected chi connectivity index (χ2v) is 9.50. The first-order valence-electron chi connectivity index (χ1n) is 11.3. The van der Waals surface area contributed by atoms with E-state index in [9.17, 15) is 36.6 Å². The van der Waals surface area contributed by atoms with E-state index in [1.807, 2.05) is 0 Å². The number of nitrogens with zero attached hydrogens (tertiary/aromatic N) is 1. The number of ether oxygens (including phenoxy) is 2. The molecule has 2 atom stereocenters. The summed E-state index contributed by atoms with van der Waals surface area (Å²) in [6, 6.07) is 0.956. The first-order valence-corrected chi connectivity index (χ1v) is 12.1. The molecule has 2 N–H and O–H groups in total. The summed E-state index contributed by atoms with van der Waals surface area (Å²) in [6.45, 7) is -0.559. The summed E-state index contributed by atoms with van der Waals surface area (Å²) in [6.07, 6.45) is -3.56. The van der Waals surface area contributed by atoms with E-state index in [1.165, 1.54) is 0 Å². The van der Waals surface area contributed by atoms with Crippen molar-refractivity contribution in [2.24, 2.45) is 0 Å². The first kappa shape index (κ1) is 27.1. The van der Waals surface area contributed by atoms with Crippen LogP contribution < -0.4 is 15.0 Å². The highest BCUT2D eigenvalue weighted by Crippen LogP contribution is 2.36. The number of rotatable bonds is 6. The van der Waals surface area contributed by atoms with Gasteiger partial charge in [-0.25, -0.2) is 13.6 Å². The maximum atomic E-state index is 14.9. The van der Waals surface area contributed by atoms with Gasteiger partial charge in [0.05, 0.1) is 24.3 Å². The maximum absolute atomic E-state index is 14.9. The summed E-state index contributed by atoms with van der Waals surface area (Å²) in [4.78, 5) is 25.4. The normalized spacial score (nSPS) is 18.5. The van der Waals surface area contributed by atoms with Gasteiger partial charge in [-0.15, -0.1) is 0 Å². The second-order valence-electron chi connectivity index (χ2n) is 8.64. The van der Waals surface area contributed by atoms with Gasteiger partial charge < -0.3 is 24.8 Å². The Morgan fingerprint density at radius 1 is 1.19 bits per heavy atom. The molecule has 0 spiro atoms. The fourth-order valence-corrected chi connectivity index (χ4v) is 4.95. The molecule has 0 bridgehead atoms. The molecule has 2 aliphatic heterocycles. The average molecular weight is 593 g/mol. The Bertz CT molecular complexity index is 1190. The lowest BCUT2D eigenvalue weighted by Crippen LogP contribution is -2.53. The predicted molar refractivity (Wildman–Crippen MR) is 125 cm³/mol. The number of fused-ring (bicyclic) bond motifs is 1. The third kappa shape index (κ3) is 5.82. The van der Waals surface area contributed by atoms with Gasteiger partial charge in [0, 0.05) is 18.7 Å². The molecule has 0 saturated carbocycles. The summed E-state index contributed by atoms with van der Waals surface area (Å²) >= 11 is 3.38. The minimum absolute atomic E-state index is 0.0802. The zero-order valence-electron chi connectivity index (χ0n) is 19.2. The van der Waals surface area contributed by atoms with Gasteiger partial charge in [-0.05, 0) is 58.1 Å². The molecule has 2 aliphatic rings. The Balaban J connectivity index is 1.57. The fraction of sp³-hybridized carbons (Fsp3) is 0.417. The molecule has 2 heterocycles. The molecule has 1 saturated heterocycles. The number of aliphatic carboxylic acids is 1. The number of morpholine rings is 1. The van der Waals surface area contributed by atoms with Crippen LogP contribution in [0.25, 0.3) is 0 Å². The highest BCUT2D eigenvalue weighted by molar-refractivity contribution is 9.10. The maximum Gasteiger partial charge on any atom is 0.411 e. The van der Waals surface area contributed by atoms with Crippen LogP contribution in [-0.2, 0) is 22.4 Å². The van der Waals surface area contributed by atoms with Gasteiger partial charge >= 0.3 is 12.1 Å². The smallest absolute Gasteiger partial charge is 0.411 e. The number of alkyl halides is 3. The van der Waals surface area contributed by atoms with Gasteiger partial charge in [-0.3, -0.25) is 4.79 Å². The lowest BCUT2D eigenvalue weighted by atomic mass is 9.95. The van der Waals surface area contributed by atoms with E-state index in [1.54, 1.807) is 12.1 Å². The number of hydrogen-bond acceptors (Lipinski definition) is 5. The highest BCUT2D eigenvalue weighted by atomic mass is 79.9. The number of benzene rings is 2. The largest absolute Gasteiger partial charge is 0.492 e. The van der Waals surface area contributed by atoms with Crippen molar-refractivity contribution in [2.45, 2.75) is 37.5 Å². The Labute approximate surface area is 216 Å². The number of carboxylic acids is 1. The second kappa shape index (κ2) is 10.8. The summed E-state index contributed by atoms with van der Waals surface area (Å²) in [7, 11) is 0. The number of carbonyl (C=O) groups excluding carboxylic acids is 1. The van der Waals surface area contributed by atoms with Crippen molar-refractivity contribution < 1.29 is 46.1 Å². The Kier molecular flexibility index (Phi) is 7.93. The Hall–Kier alpha value is -2.93. The number of halogens is 6. The SMILES string of the molecule is O=C(N[C@@H](Cc1ccc(Br)c2c1CCCO2)C(=O)O)c1c(F)cc(N2CCOC[C@@H]2C(F)(F)F)cc1F. The van der Waals surface area contributed by atoms with Crippen LogP contribution in [0, 0.1) is 11.6 Å². The molecule has 0 aliphatic carbocycles. The van der Waals surface area contributed by atoms with E-state index in [0.29, 0.717) is 47.4 Å². The van der Waals surface area contributed by atoms with Gasteiger partial charge in [0.15, 0.2) is 0 Å². The van der Waals surface area contributed by atoms with Crippen LogP contribution in [0.4, 0.5) is 27.6 Å². The van der Waals surface area contributed by atoms with Gasteiger partial charge in [0.25, 0.3) is 5.91 Å². The lowest BCUT2D eigenvalue weighted by Gasteiger charge is -2.38. The molecule has 0 radical (unpaired) electrons. The van der Waals surface area contributed by atoms with Crippen molar-refractivity contribution in [3.8, 4) is 5.75 Å². The number of anilines is 1. The van der Waals surface area contributed by atoms with Crippen molar-refractivity contribution in [1.29, 1.82) is 0 Å². The van der Waals surface area contributed by atoms with Crippen molar-refractivity contribution in [1.82, 2.24) is 5.32 Å². The third-order valence-corrected chi connectivity index (χ3v) is 6.87. The molecular formula is C24H22BrF5N2O5. The number of hydrogen-bond donors (Lipinski definition) is 2. The number of carbonyl (C=O) groups is 2. The Morgan fingerprint density at radius 3 is 2.54 bits per heavy atom. The summed E-state index contributed by atoms with van der Waals surface area (Å²) in [5, 5.41) is 11.8. The van der Waals surface area contributed by atoms with Crippen molar-refractivity contribution in [3.63, 3.8) is 0 Å². The van der Waals surface area contributed by atoms with E-state index in [4.69, 9.17) is 9.47 Å². The molecule has 0 aromatic heterocycles. The minimum atomic E-state index is -4.71.